The Balaban J connectivity index is 2.71. The minimum atomic E-state index is -3.19. The van der Waals surface area contributed by atoms with Crippen LogP contribution in [0.25, 0.3) is 0 Å². The van der Waals surface area contributed by atoms with Crippen LogP contribution in [0.4, 0.5) is 0 Å². The first kappa shape index (κ1) is 13.9. The van der Waals surface area contributed by atoms with Gasteiger partial charge in [-0.25, -0.2) is 8.42 Å². The Bertz CT molecular complexity index is 477. The average Bonchev–Trinajstić information content (AvgIpc) is 2.28. The summed E-state index contributed by atoms with van der Waals surface area (Å²) >= 11 is 0. The number of benzene rings is 1. The van der Waals surface area contributed by atoms with E-state index >= 15 is 0 Å². The van der Waals surface area contributed by atoms with E-state index < -0.39 is 9.84 Å². The zero-order valence-corrected chi connectivity index (χ0v) is 10.9. The molecule has 17 heavy (non-hydrogen) atoms. The molecule has 0 radical (unpaired) electrons. The molecule has 0 unspecified atom stereocenters. The lowest BCUT2D eigenvalue weighted by Crippen LogP contribution is -2.10. The van der Waals surface area contributed by atoms with Crippen LogP contribution in [-0.2, 0) is 9.84 Å². The van der Waals surface area contributed by atoms with Crippen molar-refractivity contribution in [3.05, 3.63) is 29.8 Å². The lowest BCUT2D eigenvalue weighted by atomic mass is 10.1. The fraction of sp³-hybridized carbons (Fsp3) is 0.417. The maximum absolute atomic E-state index is 11.7. The molecule has 1 aromatic rings. The molecule has 1 N–H and O–H groups in total. The lowest BCUT2D eigenvalue weighted by molar-refractivity contribution is 0.0980. The van der Waals surface area contributed by atoms with E-state index in [-0.39, 0.29) is 10.7 Å². The van der Waals surface area contributed by atoms with Crippen molar-refractivity contribution in [2.45, 2.75) is 17.7 Å². The first-order valence-electron chi connectivity index (χ1n) is 5.43. The second-order valence-electron chi connectivity index (χ2n) is 3.93. The molecule has 0 aromatic heterocycles. The monoisotopic (exact) mass is 255 g/mol. The summed E-state index contributed by atoms with van der Waals surface area (Å²) in [6.07, 6.45) is 2.40. The van der Waals surface area contributed by atoms with Crippen LogP contribution in [0.5, 0.6) is 0 Å². The predicted molar refractivity (Wildman–Crippen MR) is 67.0 cm³/mol. The summed E-state index contributed by atoms with van der Waals surface area (Å²) in [5.41, 5.74) is 0.563. The highest BCUT2D eigenvalue weighted by Crippen LogP contribution is 2.12. The third-order valence-electron chi connectivity index (χ3n) is 2.44. The van der Waals surface area contributed by atoms with E-state index in [1.807, 2.05) is 7.05 Å². The van der Waals surface area contributed by atoms with Crippen molar-refractivity contribution in [1.29, 1.82) is 0 Å². The van der Waals surface area contributed by atoms with E-state index in [1.54, 1.807) is 12.1 Å². The molecule has 0 fully saturated rings. The fourth-order valence-corrected chi connectivity index (χ4v) is 2.09. The van der Waals surface area contributed by atoms with Gasteiger partial charge in [-0.2, -0.15) is 0 Å². The third kappa shape index (κ3) is 4.28. The lowest BCUT2D eigenvalue weighted by Gasteiger charge is -2.02. The molecule has 4 nitrogen and oxygen atoms in total. The SMILES string of the molecule is CNCCCC(=O)c1ccc(S(C)(=O)=O)cc1. The van der Waals surface area contributed by atoms with Crippen molar-refractivity contribution >= 4 is 15.6 Å². The van der Waals surface area contributed by atoms with Crippen molar-refractivity contribution < 1.29 is 13.2 Å². The van der Waals surface area contributed by atoms with Crippen LogP contribution >= 0.6 is 0 Å². The molecule has 0 aliphatic rings. The van der Waals surface area contributed by atoms with Gasteiger partial charge in [0.1, 0.15) is 0 Å². The van der Waals surface area contributed by atoms with Crippen molar-refractivity contribution in [3.8, 4) is 0 Å². The molecule has 0 spiro atoms. The van der Waals surface area contributed by atoms with Crippen molar-refractivity contribution in [1.82, 2.24) is 5.32 Å². The molecule has 0 amide bonds. The maximum Gasteiger partial charge on any atom is 0.175 e. The Labute approximate surface area is 102 Å². The number of nitrogens with one attached hydrogen (secondary N) is 1. The van der Waals surface area contributed by atoms with E-state index in [9.17, 15) is 13.2 Å². The molecule has 0 heterocycles. The van der Waals surface area contributed by atoms with Gasteiger partial charge in [-0.3, -0.25) is 4.79 Å². The van der Waals surface area contributed by atoms with Gasteiger partial charge in [0.2, 0.25) is 0 Å². The number of carbonyl (C=O) groups excluding carboxylic acids is 1. The maximum atomic E-state index is 11.7. The van der Waals surface area contributed by atoms with Crippen LogP contribution < -0.4 is 5.32 Å². The van der Waals surface area contributed by atoms with E-state index in [4.69, 9.17) is 0 Å². The third-order valence-corrected chi connectivity index (χ3v) is 3.56. The largest absolute Gasteiger partial charge is 0.320 e. The number of ketones is 1. The molecule has 0 bridgehead atoms. The highest BCUT2D eigenvalue weighted by Gasteiger charge is 2.09. The molecule has 0 atom stereocenters. The van der Waals surface area contributed by atoms with E-state index in [2.05, 4.69) is 5.32 Å². The molecule has 0 saturated heterocycles. The molecular weight excluding hydrogens is 238 g/mol. The van der Waals surface area contributed by atoms with E-state index in [1.165, 1.54) is 12.1 Å². The number of carbonyl (C=O) groups is 1. The minimum Gasteiger partial charge on any atom is -0.320 e. The number of hydrogen-bond donors (Lipinski definition) is 1. The molecule has 1 rings (SSSR count). The average molecular weight is 255 g/mol. The van der Waals surface area contributed by atoms with Crippen LogP contribution in [0, 0.1) is 0 Å². The summed E-state index contributed by atoms with van der Waals surface area (Å²) in [5.74, 6) is 0.0419. The number of sulfone groups is 1. The van der Waals surface area contributed by atoms with Gasteiger partial charge in [0, 0.05) is 18.2 Å². The molecule has 1 aromatic carbocycles. The summed E-state index contributed by atoms with van der Waals surface area (Å²) in [4.78, 5) is 11.9. The first-order chi connectivity index (χ1) is 7.95. The number of rotatable bonds is 6. The van der Waals surface area contributed by atoms with Gasteiger partial charge in [-0.15, -0.1) is 0 Å². The summed E-state index contributed by atoms with van der Waals surface area (Å²) in [6.45, 7) is 0.799. The van der Waals surface area contributed by atoms with Crippen molar-refractivity contribution in [3.63, 3.8) is 0 Å². The van der Waals surface area contributed by atoms with Gasteiger partial charge >= 0.3 is 0 Å². The van der Waals surface area contributed by atoms with Crippen LogP contribution in [-0.4, -0.2) is 34.0 Å². The normalized spacial score (nSPS) is 11.4. The van der Waals surface area contributed by atoms with Crippen molar-refractivity contribution in [2.24, 2.45) is 0 Å². The Kier molecular flexibility index (Phi) is 4.84. The Morgan fingerprint density at radius 1 is 1.24 bits per heavy atom. The van der Waals surface area contributed by atoms with Crippen molar-refractivity contribution in [2.75, 3.05) is 19.8 Å². The van der Waals surface area contributed by atoms with Gasteiger partial charge < -0.3 is 5.32 Å². The minimum absolute atomic E-state index is 0.0419. The molecular formula is C12H17NO3S. The molecule has 0 saturated carbocycles. The first-order valence-corrected chi connectivity index (χ1v) is 7.32. The fourth-order valence-electron chi connectivity index (χ4n) is 1.46. The quantitative estimate of drug-likeness (QED) is 0.614. The summed E-state index contributed by atoms with van der Waals surface area (Å²) in [6, 6.07) is 6.08. The Morgan fingerprint density at radius 2 is 1.82 bits per heavy atom. The molecule has 94 valence electrons. The van der Waals surface area contributed by atoms with E-state index in [0.29, 0.717) is 12.0 Å². The van der Waals surface area contributed by atoms with Gasteiger partial charge in [-0.05, 0) is 32.1 Å². The van der Waals surface area contributed by atoms with E-state index in [0.717, 1.165) is 19.2 Å². The topological polar surface area (TPSA) is 63.2 Å². The predicted octanol–water partition coefficient (Wildman–Crippen LogP) is 1.27. The van der Waals surface area contributed by atoms with Gasteiger partial charge in [0.25, 0.3) is 0 Å². The molecule has 0 aliphatic heterocycles. The summed E-state index contributed by atoms with van der Waals surface area (Å²) in [7, 11) is -1.35. The zero-order valence-electron chi connectivity index (χ0n) is 10.1. The number of hydrogen-bond acceptors (Lipinski definition) is 4. The van der Waals surface area contributed by atoms with Gasteiger partial charge in [0.05, 0.1) is 4.90 Å². The molecule has 0 aliphatic carbocycles. The second-order valence-corrected chi connectivity index (χ2v) is 5.94. The Hall–Kier alpha value is -1.20. The van der Waals surface area contributed by atoms with Crippen LogP contribution in [0.15, 0.2) is 29.2 Å². The van der Waals surface area contributed by atoms with Crippen LogP contribution in [0.2, 0.25) is 0 Å². The smallest absolute Gasteiger partial charge is 0.175 e. The van der Waals surface area contributed by atoms with Crippen LogP contribution in [0.1, 0.15) is 23.2 Å². The Morgan fingerprint density at radius 3 is 2.29 bits per heavy atom. The second kappa shape index (κ2) is 5.93. The van der Waals surface area contributed by atoms with Crippen LogP contribution in [0.3, 0.4) is 0 Å². The highest BCUT2D eigenvalue weighted by atomic mass is 32.2. The highest BCUT2D eigenvalue weighted by molar-refractivity contribution is 7.90. The van der Waals surface area contributed by atoms with Gasteiger partial charge in [0.15, 0.2) is 15.6 Å². The standard InChI is InChI=1S/C12H17NO3S/c1-13-9-3-4-12(14)10-5-7-11(8-6-10)17(2,15)16/h5-8,13H,3-4,9H2,1-2H3. The zero-order chi connectivity index (χ0) is 12.9. The summed E-state index contributed by atoms with van der Waals surface area (Å²) in [5, 5.41) is 2.97. The molecule has 5 heteroatoms. The van der Waals surface area contributed by atoms with Gasteiger partial charge in [-0.1, -0.05) is 12.1 Å². The number of Topliss-reactive ketones (excluding diaryl/α,β-unsaturated/α-hetero) is 1. The summed E-state index contributed by atoms with van der Waals surface area (Å²) < 4.78 is 22.5.